The Morgan fingerprint density at radius 2 is 2.22 bits per heavy atom. The number of thiophene rings is 1. The molecule has 0 aliphatic heterocycles. The second-order valence-corrected chi connectivity index (χ2v) is 5.27. The van der Waals surface area contributed by atoms with Gasteiger partial charge in [0.1, 0.15) is 11.6 Å². The third-order valence-corrected chi connectivity index (χ3v) is 3.99. The summed E-state index contributed by atoms with van der Waals surface area (Å²) in [5.41, 5.74) is 6.93. The van der Waals surface area contributed by atoms with Gasteiger partial charge in [-0.15, -0.1) is 11.3 Å². The van der Waals surface area contributed by atoms with Gasteiger partial charge >= 0.3 is 0 Å². The normalized spacial score (nSPS) is 12.4. The van der Waals surface area contributed by atoms with Crippen molar-refractivity contribution in [2.45, 2.75) is 12.5 Å². The monoisotopic (exact) mass is 285 g/mol. The summed E-state index contributed by atoms with van der Waals surface area (Å²) in [6.07, 6.45) is 0.547. The maximum atomic E-state index is 13.3. The first-order chi connectivity index (χ1) is 8.61. The predicted octanol–water partition coefficient (Wildman–Crippen LogP) is 3.79. The second kappa shape index (κ2) is 5.69. The van der Waals surface area contributed by atoms with E-state index in [1.54, 1.807) is 19.2 Å². The van der Waals surface area contributed by atoms with Crippen LogP contribution in [0.3, 0.4) is 0 Å². The minimum Gasteiger partial charge on any atom is -0.496 e. The summed E-state index contributed by atoms with van der Waals surface area (Å²) in [6, 6.07) is 6.42. The van der Waals surface area contributed by atoms with Crippen LogP contribution in [0.5, 0.6) is 5.75 Å². The molecule has 1 heterocycles. The maximum absolute atomic E-state index is 13.3. The van der Waals surface area contributed by atoms with Crippen molar-refractivity contribution in [2.24, 2.45) is 5.73 Å². The van der Waals surface area contributed by atoms with Crippen LogP contribution in [0.25, 0.3) is 0 Å². The smallest absolute Gasteiger partial charge is 0.142 e. The molecular formula is C13H13ClFNOS. The number of nitrogens with two attached hydrogens (primary N) is 1. The lowest BCUT2D eigenvalue weighted by molar-refractivity contribution is 0.409. The van der Waals surface area contributed by atoms with E-state index in [0.717, 1.165) is 16.2 Å². The molecule has 0 aliphatic carbocycles. The van der Waals surface area contributed by atoms with Crippen molar-refractivity contribution in [3.63, 3.8) is 0 Å². The topological polar surface area (TPSA) is 35.2 Å². The molecule has 0 saturated heterocycles. The van der Waals surface area contributed by atoms with Crippen molar-refractivity contribution >= 4 is 22.9 Å². The Morgan fingerprint density at radius 3 is 2.89 bits per heavy atom. The number of halogens is 2. The van der Waals surface area contributed by atoms with Gasteiger partial charge < -0.3 is 10.5 Å². The fraction of sp³-hybridized carbons (Fsp3) is 0.231. The third kappa shape index (κ3) is 2.83. The number of methoxy groups -OCH3 is 1. The Morgan fingerprint density at radius 1 is 1.44 bits per heavy atom. The molecular weight excluding hydrogens is 273 g/mol. The first kappa shape index (κ1) is 13.3. The van der Waals surface area contributed by atoms with Crippen molar-refractivity contribution in [3.8, 4) is 5.75 Å². The van der Waals surface area contributed by atoms with Gasteiger partial charge in [0, 0.05) is 6.04 Å². The highest BCUT2D eigenvalue weighted by Crippen LogP contribution is 2.31. The molecule has 0 aliphatic rings. The molecule has 0 radical (unpaired) electrons. The summed E-state index contributed by atoms with van der Waals surface area (Å²) in [7, 11) is 1.61. The molecule has 0 fully saturated rings. The maximum Gasteiger partial charge on any atom is 0.142 e. The van der Waals surface area contributed by atoms with E-state index in [9.17, 15) is 4.39 Å². The quantitative estimate of drug-likeness (QED) is 0.927. The van der Waals surface area contributed by atoms with Crippen LogP contribution in [-0.2, 0) is 6.42 Å². The van der Waals surface area contributed by atoms with E-state index in [2.05, 4.69) is 0 Å². The first-order valence-electron chi connectivity index (χ1n) is 5.42. The highest BCUT2D eigenvalue weighted by Gasteiger charge is 2.14. The Hall–Kier alpha value is -1.10. The van der Waals surface area contributed by atoms with Crippen molar-refractivity contribution < 1.29 is 9.13 Å². The highest BCUT2D eigenvalue weighted by molar-refractivity contribution is 7.10. The van der Waals surface area contributed by atoms with E-state index < -0.39 is 5.82 Å². The fourth-order valence-corrected chi connectivity index (χ4v) is 2.74. The largest absolute Gasteiger partial charge is 0.496 e. The summed E-state index contributed by atoms with van der Waals surface area (Å²) in [5, 5.41) is 2.05. The fourth-order valence-electron chi connectivity index (χ4n) is 1.76. The molecule has 0 amide bonds. The van der Waals surface area contributed by atoms with Crippen LogP contribution in [-0.4, -0.2) is 7.11 Å². The van der Waals surface area contributed by atoms with E-state index in [1.807, 2.05) is 11.4 Å². The summed E-state index contributed by atoms with van der Waals surface area (Å²) in [6.45, 7) is 0. The zero-order valence-corrected chi connectivity index (χ0v) is 11.4. The van der Waals surface area contributed by atoms with Gasteiger partial charge in [0.15, 0.2) is 0 Å². The van der Waals surface area contributed by atoms with Crippen LogP contribution >= 0.6 is 22.9 Å². The van der Waals surface area contributed by atoms with Crippen LogP contribution in [0.2, 0.25) is 5.02 Å². The van der Waals surface area contributed by atoms with Crippen molar-refractivity contribution in [1.29, 1.82) is 0 Å². The SMILES string of the molecule is COc1ccsc1C(N)Cc1ccc(Cl)c(F)c1. The highest BCUT2D eigenvalue weighted by atomic mass is 35.5. The molecule has 2 nitrogen and oxygen atoms in total. The van der Waals surface area contributed by atoms with Gasteiger partial charge in [-0.05, 0) is 35.6 Å². The average molecular weight is 286 g/mol. The molecule has 1 unspecified atom stereocenters. The van der Waals surface area contributed by atoms with Gasteiger partial charge in [-0.1, -0.05) is 17.7 Å². The van der Waals surface area contributed by atoms with Crippen LogP contribution in [0.4, 0.5) is 4.39 Å². The van der Waals surface area contributed by atoms with Crippen LogP contribution in [0, 0.1) is 5.82 Å². The summed E-state index contributed by atoms with van der Waals surface area (Å²) >= 11 is 7.18. The Kier molecular flexibility index (Phi) is 4.22. The standard InChI is InChI=1S/C13H13ClFNOS/c1-17-12-4-5-18-13(12)11(16)7-8-2-3-9(14)10(15)6-8/h2-6,11H,7,16H2,1H3. The van der Waals surface area contributed by atoms with Crippen LogP contribution in [0.15, 0.2) is 29.6 Å². The number of hydrogen-bond acceptors (Lipinski definition) is 3. The number of rotatable bonds is 4. The summed E-state index contributed by atoms with van der Waals surface area (Å²) < 4.78 is 18.5. The molecule has 0 bridgehead atoms. The van der Waals surface area contributed by atoms with Crippen LogP contribution < -0.4 is 10.5 Å². The molecule has 1 atom stereocenters. The summed E-state index contributed by atoms with van der Waals surface area (Å²) in [5.74, 6) is 0.362. The molecule has 1 aromatic carbocycles. The van der Waals surface area contributed by atoms with E-state index >= 15 is 0 Å². The van der Waals surface area contributed by atoms with Gasteiger partial charge in [-0.3, -0.25) is 0 Å². The van der Waals surface area contributed by atoms with Gasteiger partial charge in [0.2, 0.25) is 0 Å². The molecule has 96 valence electrons. The van der Waals surface area contributed by atoms with Crippen LogP contribution in [0.1, 0.15) is 16.5 Å². The molecule has 5 heteroatoms. The minimum atomic E-state index is -0.417. The second-order valence-electron chi connectivity index (χ2n) is 3.91. The van der Waals surface area contributed by atoms with E-state index in [0.29, 0.717) is 6.42 Å². The zero-order valence-electron chi connectivity index (χ0n) is 9.82. The zero-order chi connectivity index (χ0) is 13.1. The van der Waals surface area contributed by atoms with Crippen molar-refractivity contribution in [3.05, 3.63) is 50.9 Å². The Labute approximate surface area is 114 Å². The van der Waals surface area contributed by atoms with Crippen molar-refractivity contribution in [2.75, 3.05) is 7.11 Å². The van der Waals surface area contributed by atoms with E-state index in [4.69, 9.17) is 22.1 Å². The van der Waals surface area contributed by atoms with Gasteiger partial charge in [0.25, 0.3) is 0 Å². The van der Waals surface area contributed by atoms with Gasteiger partial charge in [0.05, 0.1) is 17.0 Å². The third-order valence-electron chi connectivity index (χ3n) is 2.65. The average Bonchev–Trinajstić information content (AvgIpc) is 2.82. The lowest BCUT2D eigenvalue weighted by atomic mass is 10.0. The van der Waals surface area contributed by atoms with E-state index in [-0.39, 0.29) is 11.1 Å². The van der Waals surface area contributed by atoms with Gasteiger partial charge in [-0.2, -0.15) is 0 Å². The first-order valence-corrected chi connectivity index (χ1v) is 6.68. The van der Waals surface area contributed by atoms with Crippen molar-refractivity contribution in [1.82, 2.24) is 0 Å². The lowest BCUT2D eigenvalue weighted by Gasteiger charge is -2.12. The predicted molar refractivity (Wildman–Crippen MR) is 72.9 cm³/mol. The minimum absolute atomic E-state index is 0.126. The molecule has 0 saturated carbocycles. The Balaban J connectivity index is 2.16. The molecule has 0 spiro atoms. The molecule has 1 aromatic heterocycles. The Bertz CT molecular complexity index is 544. The molecule has 18 heavy (non-hydrogen) atoms. The van der Waals surface area contributed by atoms with E-state index in [1.165, 1.54) is 17.4 Å². The van der Waals surface area contributed by atoms with Gasteiger partial charge in [-0.25, -0.2) is 4.39 Å². The number of benzene rings is 1. The lowest BCUT2D eigenvalue weighted by Crippen LogP contribution is -2.12. The number of hydrogen-bond donors (Lipinski definition) is 1. The molecule has 2 aromatic rings. The number of ether oxygens (including phenoxy) is 1. The molecule has 2 rings (SSSR count). The molecule has 2 N–H and O–H groups in total. The summed E-state index contributed by atoms with van der Waals surface area (Å²) in [4.78, 5) is 0.966.